The predicted octanol–water partition coefficient (Wildman–Crippen LogP) is 7.29. The van der Waals surface area contributed by atoms with Crippen LogP contribution in [0.1, 0.15) is 79.8 Å². The number of benzene rings is 3. The van der Waals surface area contributed by atoms with Crippen molar-refractivity contribution in [2.45, 2.75) is 64.7 Å². The summed E-state index contributed by atoms with van der Waals surface area (Å²) in [4.78, 5) is 67.4. The zero-order chi connectivity index (χ0) is 36.9. The van der Waals surface area contributed by atoms with E-state index in [0.717, 1.165) is 68.7 Å². The summed E-state index contributed by atoms with van der Waals surface area (Å²) in [6, 6.07) is 17.8. The first kappa shape index (κ1) is 37.8. The number of thioether (sulfide) groups is 1. The third kappa shape index (κ3) is 10.3. The molecule has 3 aromatic rings. The molecule has 5 rings (SSSR count). The van der Waals surface area contributed by atoms with Crippen LogP contribution in [0.2, 0.25) is 0 Å². The van der Waals surface area contributed by atoms with Crippen LogP contribution in [0.4, 0.5) is 33.2 Å². The van der Waals surface area contributed by atoms with E-state index in [-0.39, 0.29) is 34.3 Å². The van der Waals surface area contributed by atoms with Crippen molar-refractivity contribution in [2.24, 2.45) is 0 Å². The van der Waals surface area contributed by atoms with Gasteiger partial charge in [0.05, 0.1) is 15.5 Å². The van der Waals surface area contributed by atoms with Crippen LogP contribution in [-0.2, 0) is 20.9 Å². The van der Waals surface area contributed by atoms with Crippen molar-refractivity contribution in [3.8, 4) is 0 Å². The highest BCUT2D eigenvalue weighted by Crippen LogP contribution is 2.42. The molecule has 0 unspecified atom stereocenters. The Morgan fingerprint density at radius 2 is 1.56 bits per heavy atom. The van der Waals surface area contributed by atoms with Crippen molar-refractivity contribution in [2.75, 3.05) is 35.9 Å². The highest BCUT2D eigenvalue weighted by atomic mass is 32.2. The van der Waals surface area contributed by atoms with Gasteiger partial charge in [0.15, 0.2) is 5.69 Å². The summed E-state index contributed by atoms with van der Waals surface area (Å²) < 4.78 is 0. The van der Waals surface area contributed by atoms with E-state index >= 15 is 0 Å². The normalized spacial score (nSPS) is 14.2. The molecule has 0 radical (unpaired) electrons. The molecule has 2 aliphatic heterocycles. The molecule has 52 heavy (non-hydrogen) atoms. The number of anilines is 4. The first-order chi connectivity index (χ1) is 25.2. The molecule has 0 atom stereocenters. The second kappa shape index (κ2) is 18.7. The number of amides is 4. The van der Waals surface area contributed by atoms with Crippen molar-refractivity contribution < 1.29 is 29.0 Å². The molecule has 274 valence electrons. The van der Waals surface area contributed by atoms with E-state index in [0.29, 0.717) is 53.6 Å². The fourth-order valence-electron chi connectivity index (χ4n) is 5.70. The first-order valence-electron chi connectivity index (χ1n) is 17.5. The predicted molar refractivity (Wildman–Crippen MR) is 202 cm³/mol. The lowest BCUT2D eigenvalue weighted by Gasteiger charge is -2.12. The van der Waals surface area contributed by atoms with Gasteiger partial charge in [-0.05, 0) is 91.4 Å². The van der Waals surface area contributed by atoms with Gasteiger partial charge in [0.1, 0.15) is 5.69 Å². The van der Waals surface area contributed by atoms with Gasteiger partial charge >= 0.3 is 0 Å². The van der Waals surface area contributed by atoms with Crippen molar-refractivity contribution in [1.82, 2.24) is 15.5 Å². The molecular weight excluding hydrogens is 687 g/mol. The Kier molecular flexibility index (Phi) is 13.6. The minimum absolute atomic E-state index is 0.00456. The second-order valence-corrected chi connectivity index (χ2v) is 13.4. The van der Waals surface area contributed by atoms with Gasteiger partial charge in [0.2, 0.25) is 5.91 Å². The number of rotatable bonds is 19. The van der Waals surface area contributed by atoms with Crippen molar-refractivity contribution in [3.63, 3.8) is 0 Å². The lowest BCUT2D eigenvalue weighted by atomic mass is 10.1. The Bertz CT molecular complexity index is 1800. The van der Waals surface area contributed by atoms with Crippen molar-refractivity contribution in [1.29, 1.82) is 0 Å². The van der Waals surface area contributed by atoms with Crippen molar-refractivity contribution in [3.05, 3.63) is 92.4 Å². The Balaban J connectivity index is 0.883. The molecular formula is C37H43N7O7S. The molecule has 14 nitrogen and oxygen atoms in total. The summed E-state index contributed by atoms with van der Waals surface area (Å²) in [5, 5.41) is 20.0. The summed E-state index contributed by atoms with van der Waals surface area (Å²) >= 11 is 0.988. The Morgan fingerprint density at radius 1 is 0.865 bits per heavy atom. The summed E-state index contributed by atoms with van der Waals surface area (Å²) in [6.45, 7) is 3.56. The highest BCUT2D eigenvalue weighted by Gasteiger charge is 2.34. The third-order valence-corrected chi connectivity index (χ3v) is 9.58. The fourth-order valence-corrected chi connectivity index (χ4v) is 6.56. The molecule has 0 saturated carbocycles. The maximum Gasteiger partial charge on any atom is 0.297 e. The van der Waals surface area contributed by atoms with Crippen LogP contribution in [0.25, 0.3) is 6.08 Å². The first-order valence-corrected chi connectivity index (χ1v) is 18.3. The average Bonchev–Trinajstić information content (AvgIpc) is 3.74. The van der Waals surface area contributed by atoms with Gasteiger partial charge in [-0.15, -0.1) is 0 Å². The molecule has 15 heteroatoms. The maximum absolute atomic E-state index is 12.7. The highest BCUT2D eigenvalue weighted by molar-refractivity contribution is 8.18. The Labute approximate surface area is 306 Å². The molecule has 0 bridgehead atoms. The van der Waals surface area contributed by atoms with Gasteiger partial charge in [0, 0.05) is 43.4 Å². The van der Waals surface area contributed by atoms with Crippen LogP contribution in [0.3, 0.4) is 0 Å². The molecule has 2 aliphatic rings. The number of nitro benzene ring substituents is 1. The number of carbonyl (C=O) groups is 4. The molecule has 0 aromatic heterocycles. The number of hydrogen-bond donors (Lipinski definition) is 5. The van der Waals surface area contributed by atoms with Crippen molar-refractivity contribution >= 4 is 69.2 Å². The van der Waals surface area contributed by atoms with Gasteiger partial charge in [0.25, 0.3) is 22.7 Å². The van der Waals surface area contributed by atoms with Gasteiger partial charge < -0.3 is 16.0 Å². The topological polar surface area (TPSA) is 184 Å². The number of carbonyl (C=O) groups excluding carboxylic acids is 4. The number of imide groups is 1. The van der Waals surface area contributed by atoms with E-state index < -0.39 is 4.92 Å². The number of unbranched alkanes of at least 4 members (excludes halogenated alkanes) is 5. The van der Waals surface area contributed by atoms with Crippen LogP contribution in [0, 0.1) is 10.1 Å². The third-order valence-electron chi connectivity index (χ3n) is 8.67. The Morgan fingerprint density at radius 3 is 2.29 bits per heavy atom. The van der Waals surface area contributed by atoms with Crippen LogP contribution in [0.5, 0.6) is 0 Å². The van der Waals surface area contributed by atoms with E-state index in [2.05, 4.69) is 33.8 Å². The van der Waals surface area contributed by atoms with E-state index in [4.69, 9.17) is 4.94 Å². The van der Waals surface area contributed by atoms with Crippen LogP contribution >= 0.6 is 11.8 Å². The van der Waals surface area contributed by atoms with E-state index in [1.807, 2.05) is 24.3 Å². The minimum Gasteiger partial charge on any atom is -0.356 e. The van der Waals surface area contributed by atoms with Crippen LogP contribution < -0.4 is 26.9 Å². The lowest BCUT2D eigenvalue weighted by molar-refractivity contribution is -0.384. The molecule has 2 heterocycles. The van der Waals surface area contributed by atoms with Gasteiger partial charge in [-0.3, -0.25) is 34.2 Å². The van der Waals surface area contributed by atoms with E-state index in [9.17, 15) is 29.3 Å². The smallest absolute Gasteiger partial charge is 0.297 e. The molecule has 0 aliphatic carbocycles. The number of fused-ring (bicyclic) bond motifs is 1. The molecule has 3 aromatic carbocycles. The van der Waals surface area contributed by atoms with E-state index in [1.54, 1.807) is 36.4 Å². The minimum atomic E-state index is -0.503. The summed E-state index contributed by atoms with van der Waals surface area (Å²) in [6.07, 6.45) is 8.72. The number of nitro groups is 1. The summed E-state index contributed by atoms with van der Waals surface area (Å²) in [7, 11) is 0. The molecule has 1 saturated heterocycles. The number of nitrogens with one attached hydrogen (secondary N) is 5. The second-order valence-electron chi connectivity index (χ2n) is 12.4. The van der Waals surface area contributed by atoms with Crippen LogP contribution in [0.15, 0.2) is 65.6 Å². The molecule has 4 amide bonds. The maximum atomic E-state index is 12.7. The van der Waals surface area contributed by atoms with Gasteiger partial charge in [-0.1, -0.05) is 50.5 Å². The molecule has 0 spiro atoms. The largest absolute Gasteiger partial charge is 0.356 e. The number of aryl methyl sites for hydroxylation is 1. The number of hydrogen-bond acceptors (Lipinski definition) is 11. The quantitative estimate of drug-likeness (QED) is 0.0361. The summed E-state index contributed by atoms with van der Waals surface area (Å²) in [5.41, 5.74) is 9.47. The standard InChI is InChI=1S/C37H43N7O7S/c1-2-25-11-13-26(14-12-25)24-31-36(47)43(37(48)52-31)23-9-4-3-7-21-38-32(45)10-6-5-8-22-39-35(46)27-15-17-28(18-16-27)40-29-19-20-30(44(49)50)34-33(29)41-51-42-34/h11-20,24,40-42H,2-10,21-23H2,1H3,(H,38,45)(H,39,46)/b31-24-. The molecule has 5 N–H and O–H groups in total. The Hall–Kier alpha value is -5.41. The SMILES string of the molecule is CCc1ccc(/C=C2\SC(=O)N(CCCCCCNC(=O)CCCCCNC(=O)c3ccc(Nc4ccc([N+](=O)[O-])c5c4NON5)cc3)C2=O)cc1. The lowest BCUT2D eigenvalue weighted by Crippen LogP contribution is -2.29. The molecule has 1 fully saturated rings. The number of nitrogens with zero attached hydrogens (tertiary/aromatic N) is 2. The average molecular weight is 730 g/mol. The summed E-state index contributed by atoms with van der Waals surface area (Å²) in [5.74, 6) is -0.431. The monoisotopic (exact) mass is 729 g/mol. The van der Waals surface area contributed by atoms with Crippen LogP contribution in [-0.4, -0.2) is 52.4 Å². The zero-order valence-electron chi connectivity index (χ0n) is 29.0. The van der Waals surface area contributed by atoms with Gasteiger partial charge in [-0.25, -0.2) is 11.0 Å². The fraction of sp³-hybridized carbons (Fsp3) is 0.351. The van der Waals surface area contributed by atoms with Gasteiger partial charge in [-0.2, -0.15) is 4.94 Å². The zero-order valence-corrected chi connectivity index (χ0v) is 29.8. The van der Waals surface area contributed by atoms with E-state index in [1.165, 1.54) is 16.5 Å².